The Morgan fingerprint density at radius 3 is 2.05 bits per heavy atom. The van der Waals surface area contributed by atoms with Crippen LogP contribution in [0.3, 0.4) is 0 Å². The van der Waals surface area contributed by atoms with E-state index in [4.69, 9.17) is 9.47 Å². The highest BCUT2D eigenvalue weighted by Crippen LogP contribution is 2.42. The average Bonchev–Trinajstić information content (AvgIpc) is 3.31. The zero-order valence-corrected chi connectivity index (χ0v) is 37.0. The molecule has 0 spiro atoms. The number of carbonyl (C=O) groups is 1. The van der Waals surface area contributed by atoms with Gasteiger partial charge in [0, 0.05) is 30.6 Å². The van der Waals surface area contributed by atoms with Crippen LogP contribution in [0.4, 0.5) is 0 Å². The molecule has 0 bridgehead atoms. The minimum atomic E-state index is -3.99. The van der Waals surface area contributed by atoms with Crippen molar-refractivity contribution in [2.24, 2.45) is 5.92 Å². The third-order valence-electron chi connectivity index (χ3n) is 12.1. The topological polar surface area (TPSA) is 137 Å². The van der Waals surface area contributed by atoms with Crippen LogP contribution in [0.2, 0.25) is 0 Å². The second kappa shape index (κ2) is 20.8. The lowest BCUT2D eigenvalue weighted by atomic mass is 9.89. The molecule has 7 atom stereocenters. The SMILES string of the molecule is Cc1ccc(S(=O)(=O)N[C@H](Cc2ccccc2)C(=O)NCc2ccccc2-c2ccc([C@@H]3O[C@H](CN(C)[C@H](C)[C@@H](O)c4ccccc4)[C@H](C)[C@H](c4ccc(CO)cc4)O3)cc2)cc1. The summed E-state index contributed by atoms with van der Waals surface area (Å²) in [6.07, 6.45) is -1.75. The molecule has 4 N–H and O–H groups in total. The normalized spacial score (nSPS) is 19.3. The van der Waals surface area contributed by atoms with E-state index >= 15 is 0 Å². The van der Waals surface area contributed by atoms with Crippen LogP contribution in [-0.2, 0) is 43.9 Å². The van der Waals surface area contributed by atoms with Gasteiger partial charge in [0.2, 0.25) is 15.9 Å². The first-order valence-corrected chi connectivity index (χ1v) is 22.9. The lowest BCUT2D eigenvalue weighted by molar-refractivity contribution is -0.276. The van der Waals surface area contributed by atoms with Crippen molar-refractivity contribution in [2.45, 2.75) is 81.9 Å². The van der Waals surface area contributed by atoms with Crippen molar-refractivity contribution >= 4 is 15.9 Å². The third kappa shape index (κ3) is 11.4. The summed E-state index contributed by atoms with van der Waals surface area (Å²) in [7, 11) is -1.99. The molecule has 0 unspecified atom stereocenters. The first-order chi connectivity index (χ1) is 30.4. The molecule has 11 heteroatoms. The summed E-state index contributed by atoms with van der Waals surface area (Å²) < 4.78 is 43.1. The van der Waals surface area contributed by atoms with Crippen molar-refractivity contribution in [2.75, 3.05) is 13.6 Å². The molecule has 1 heterocycles. The summed E-state index contributed by atoms with van der Waals surface area (Å²) in [5.41, 5.74) is 7.95. The minimum absolute atomic E-state index is 0.0451. The largest absolute Gasteiger partial charge is 0.392 e. The van der Waals surface area contributed by atoms with Crippen LogP contribution in [0.25, 0.3) is 11.1 Å². The average molecular weight is 868 g/mol. The number of sulfonamides is 1. The number of aliphatic hydroxyl groups excluding tert-OH is 2. The molecule has 1 aliphatic rings. The summed E-state index contributed by atoms with van der Waals surface area (Å²) >= 11 is 0. The lowest BCUT2D eigenvalue weighted by Crippen LogP contribution is -2.47. The fraction of sp³-hybridized carbons (Fsp3) is 0.288. The second-order valence-electron chi connectivity index (χ2n) is 16.5. The van der Waals surface area contributed by atoms with E-state index in [0.29, 0.717) is 6.54 Å². The molecular formula is C52H57N3O7S. The maximum atomic E-state index is 13.9. The fourth-order valence-electron chi connectivity index (χ4n) is 8.04. The number of hydrogen-bond acceptors (Lipinski definition) is 8. The number of nitrogens with one attached hydrogen (secondary N) is 2. The highest BCUT2D eigenvalue weighted by Gasteiger charge is 2.40. The predicted octanol–water partition coefficient (Wildman–Crippen LogP) is 8.21. The van der Waals surface area contributed by atoms with Crippen molar-refractivity contribution in [3.8, 4) is 11.1 Å². The maximum Gasteiger partial charge on any atom is 0.241 e. The van der Waals surface area contributed by atoms with Gasteiger partial charge in [0.05, 0.1) is 29.8 Å². The molecule has 0 saturated carbocycles. The number of amides is 1. The molecule has 0 aromatic heterocycles. The zero-order valence-electron chi connectivity index (χ0n) is 36.2. The van der Waals surface area contributed by atoms with E-state index in [2.05, 4.69) is 21.9 Å². The van der Waals surface area contributed by atoms with Gasteiger partial charge in [-0.25, -0.2) is 8.42 Å². The summed E-state index contributed by atoms with van der Waals surface area (Å²) in [5.74, 6) is -0.485. The van der Waals surface area contributed by atoms with Crippen LogP contribution >= 0.6 is 0 Å². The van der Waals surface area contributed by atoms with Gasteiger partial charge in [-0.05, 0) is 78.4 Å². The third-order valence-corrected chi connectivity index (χ3v) is 13.6. The molecule has 1 aliphatic heterocycles. The van der Waals surface area contributed by atoms with E-state index in [0.717, 1.165) is 50.1 Å². The Bertz CT molecular complexity index is 2500. The first kappa shape index (κ1) is 45.5. The number of likely N-dealkylation sites (N-methyl/N-ethyl adjacent to an activating group) is 1. The van der Waals surface area contributed by atoms with Gasteiger partial charge in [0.15, 0.2) is 6.29 Å². The summed E-state index contributed by atoms with van der Waals surface area (Å²) in [6.45, 7) is 6.70. The quantitative estimate of drug-likeness (QED) is 0.0721. The van der Waals surface area contributed by atoms with E-state index in [1.807, 2.05) is 154 Å². The van der Waals surface area contributed by atoms with E-state index in [-0.39, 0.29) is 48.6 Å². The standard InChI is InChI=1S/C52H57N3O7S/c1-35-19-29-45(30-20-35)63(59,60)54-47(31-38-13-7-5-8-14-38)51(58)53-32-44-17-11-12-18-46(44)40-25-27-43(28-26-40)52-61-48(33-55(4)37(3)49(57)41-15-9-6-10-16-41)36(2)50(62-52)42-23-21-39(34-56)22-24-42/h5-30,36-37,47-50,52,54,56-57H,31-34H2,1-4H3,(H,53,58)/t36-,37+,47+,48+,49+,50+,52+/m0/s1. The lowest BCUT2D eigenvalue weighted by Gasteiger charge is -2.43. The first-order valence-electron chi connectivity index (χ1n) is 21.4. The van der Waals surface area contributed by atoms with Crippen LogP contribution < -0.4 is 10.0 Å². The van der Waals surface area contributed by atoms with Crippen molar-refractivity contribution in [1.29, 1.82) is 0 Å². The van der Waals surface area contributed by atoms with E-state index < -0.39 is 34.4 Å². The molecule has 328 valence electrons. The van der Waals surface area contributed by atoms with Gasteiger partial charge in [-0.2, -0.15) is 4.72 Å². The Morgan fingerprint density at radius 2 is 1.38 bits per heavy atom. The molecule has 1 saturated heterocycles. The van der Waals surface area contributed by atoms with E-state index in [1.54, 1.807) is 12.1 Å². The monoisotopic (exact) mass is 867 g/mol. The highest BCUT2D eigenvalue weighted by molar-refractivity contribution is 7.89. The minimum Gasteiger partial charge on any atom is -0.392 e. The predicted molar refractivity (Wildman–Crippen MR) is 246 cm³/mol. The Balaban J connectivity index is 1.08. The van der Waals surface area contributed by atoms with Crippen molar-refractivity contribution in [3.05, 3.63) is 197 Å². The fourth-order valence-corrected chi connectivity index (χ4v) is 9.24. The van der Waals surface area contributed by atoms with Crippen molar-refractivity contribution < 1.29 is 32.9 Å². The summed E-state index contributed by atoms with van der Waals surface area (Å²) in [5, 5.41) is 24.0. The smallest absolute Gasteiger partial charge is 0.241 e. The number of benzene rings is 6. The van der Waals surface area contributed by atoms with Crippen molar-refractivity contribution in [3.63, 3.8) is 0 Å². The second-order valence-corrected chi connectivity index (χ2v) is 18.2. The van der Waals surface area contributed by atoms with Gasteiger partial charge < -0.3 is 25.0 Å². The zero-order chi connectivity index (χ0) is 44.5. The highest BCUT2D eigenvalue weighted by atomic mass is 32.2. The molecule has 63 heavy (non-hydrogen) atoms. The van der Waals surface area contributed by atoms with Gasteiger partial charge >= 0.3 is 0 Å². The van der Waals surface area contributed by atoms with Gasteiger partial charge in [-0.1, -0.05) is 158 Å². The Labute approximate surface area is 371 Å². The number of aliphatic hydroxyl groups is 2. The molecule has 1 fully saturated rings. The number of carbonyl (C=O) groups excluding carboxylic acids is 1. The number of aryl methyl sites for hydroxylation is 1. The molecule has 10 nitrogen and oxygen atoms in total. The van der Waals surface area contributed by atoms with Gasteiger partial charge in [-0.15, -0.1) is 0 Å². The van der Waals surface area contributed by atoms with E-state index in [1.165, 1.54) is 12.1 Å². The number of rotatable bonds is 17. The van der Waals surface area contributed by atoms with Crippen LogP contribution in [0.15, 0.2) is 163 Å². The van der Waals surface area contributed by atoms with Crippen LogP contribution in [0.1, 0.15) is 71.3 Å². The van der Waals surface area contributed by atoms with Crippen molar-refractivity contribution in [1.82, 2.24) is 14.9 Å². The van der Waals surface area contributed by atoms with Gasteiger partial charge in [0.1, 0.15) is 6.04 Å². The van der Waals surface area contributed by atoms with Crippen LogP contribution in [-0.4, -0.2) is 61.2 Å². The number of hydrogen-bond donors (Lipinski definition) is 4. The number of ether oxygens (including phenoxy) is 2. The molecular weight excluding hydrogens is 811 g/mol. The molecule has 6 aromatic rings. The van der Waals surface area contributed by atoms with Crippen LogP contribution in [0, 0.1) is 12.8 Å². The maximum absolute atomic E-state index is 13.9. The summed E-state index contributed by atoms with van der Waals surface area (Å²) in [6, 6.07) is 48.0. The van der Waals surface area contributed by atoms with Gasteiger partial charge in [-0.3, -0.25) is 9.69 Å². The Kier molecular flexibility index (Phi) is 15.0. The molecule has 6 aromatic carbocycles. The number of nitrogens with zero attached hydrogens (tertiary/aromatic N) is 1. The van der Waals surface area contributed by atoms with E-state index in [9.17, 15) is 23.4 Å². The van der Waals surface area contributed by atoms with Crippen LogP contribution in [0.5, 0.6) is 0 Å². The molecule has 1 amide bonds. The summed E-state index contributed by atoms with van der Waals surface area (Å²) in [4.78, 5) is 16.1. The Morgan fingerprint density at radius 1 is 0.762 bits per heavy atom. The van der Waals surface area contributed by atoms with Gasteiger partial charge in [0.25, 0.3) is 0 Å². The Hall–Kier alpha value is -5.50. The molecule has 0 aliphatic carbocycles. The molecule has 7 rings (SSSR count). The molecule has 0 radical (unpaired) electrons.